The smallest absolute Gasteiger partial charge is 0.295 e. The molecule has 384 valence electrons. The lowest BCUT2D eigenvalue weighted by Crippen LogP contribution is -2.31. The fourth-order valence-electron chi connectivity index (χ4n) is 6.45. The van der Waals surface area contributed by atoms with Crippen LogP contribution in [0.5, 0.6) is 0 Å². The van der Waals surface area contributed by atoms with E-state index in [1.807, 2.05) is 0 Å². The van der Waals surface area contributed by atoms with Crippen molar-refractivity contribution in [1.82, 2.24) is 29.9 Å². The van der Waals surface area contributed by atoms with Gasteiger partial charge < -0.3 is 51.5 Å². The Kier molecular flexibility index (Phi) is 17.3. The Labute approximate surface area is 410 Å². The first kappa shape index (κ1) is 54.3. The highest BCUT2D eigenvalue weighted by Crippen LogP contribution is 2.30. The van der Waals surface area contributed by atoms with Crippen LogP contribution in [0.15, 0.2) is 105 Å². The van der Waals surface area contributed by atoms with Gasteiger partial charge in [0.25, 0.3) is 40.5 Å². The first-order chi connectivity index (χ1) is 34.0. The molecule has 0 radical (unpaired) electrons. The van der Waals surface area contributed by atoms with Gasteiger partial charge in [0.2, 0.25) is 35.7 Å². The molecule has 72 heavy (non-hydrogen) atoms. The lowest BCUT2D eigenvalue weighted by atomic mass is 10.1. The quantitative estimate of drug-likeness (QED) is 0.0303. The van der Waals surface area contributed by atoms with E-state index in [4.69, 9.17) is 0 Å². The van der Waals surface area contributed by atoms with Gasteiger partial charge in [0, 0.05) is 48.9 Å². The molecule has 0 bridgehead atoms. The van der Waals surface area contributed by atoms with E-state index in [0.29, 0.717) is 0 Å². The Morgan fingerprint density at radius 3 is 0.986 bits per heavy atom. The maximum atomic E-state index is 12.8. The highest BCUT2D eigenvalue weighted by atomic mass is 32.2. The number of nitrogens with zero attached hydrogens (tertiary/aromatic N) is 8. The summed E-state index contributed by atoms with van der Waals surface area (Å²) in [5.41, 5.74) is -0.244. The van der Waals surface area contributed by atoms with Crippen molar-refractivity contribution >= 4 is 111 Å². The molecule has 4 aromatic carbocycles. The standard InChI is InChI=1S/C40H44N12O16S4/c53-17-13-51(14-18-54)39-47-35(41-27-3-1-5-31(21-27)69(57,58)59)45-37(49-39)43-29-11-9-25(33(23-29)71(63,64)65)7-8-26-10-12-30(24-34(26)72(66,67)68)44-38-46-36(48-40(50-38)52(15-19-55)16-20-56)42-28-4-2-6-32(22-28)70(60,61)62/h1-12,21-24,53-56H,13-20H2,(H,57,58,59)(H,60,61,62)(H,63,64,65)(H,66,67,68)(H2,41,43,45,47,49)(H2,42,44,46,48,50). The summed E-state index contributed by atoms with van der Waals surface area (Å²) in [7, 11) is -19.3. The summed E-state index contributed by atoms with van der Waals surface area (Å²) in [6, 6.07) is 17.0. The molecule has 6 rings (SSSR count). The highest BCUT2D eigenvalue weighted by Gasteiger charge is 2.21. The molecule has 0 saturated heterocycles. The summed E-state index contributed by atoms with van der Waals surface area (Å²) >= 11 is 0. The Bertz CT molecular complexity index is 3190. The van der Waals surface area contributed by atoms with Crippen molar-refractivity contribution in [2.45, 2.75) is 19.6 Å². The Morgan fingerprint density at radius 1 is 0.403 bits per heavy atom. The topological polar surface area (TPSA) is 430 Å². The van der Waals surface area contributed by atoms with Crippen molar-refractivity contribution in [2.24, 2.45) is 0 Å². The Hall–Kier alpha value is -7.08. The molecule has 0 aliphatic heterocycles. The van der Waals surface area contributed by atoms with Crippen LogP contribution in [0.3, 0.4) is 0 Å². The van der Waals surface area contributed by atoms with Gasteiger partial charge in [-0.15, -0.1) is 0 Å². The number of hydrogen-bond acceptors (Lipinski definition) is 24. The van der Waals surface area contributed by atoms with E-state index >= 15 is 0 Å². The van der Waals surface area contributed by atoms with Gasteiger partial charge in [-0.3, -0.25) is 18.2 Å². The molecule has 0 fully saturated rings. The largest absolute Gasteiger partial charge is 0.395 e. The van der Waals surface area contributed by atoms with Gasteiger partial charge in [-0.05, 0) is 71.8 Å². The molecule has 0 amide bonds. The number of benzene rings is 4. The van der Waals surface area contributed by atoms with E-state index in [-0.39, 0.29) is 95.7 Å². The minimum Gasteiger partial charge on any atom is -0.395 e. The number of aromatic nitrogens is 6. The zero-order valence-corrected chi connectivity index (χ0v) is 40.2. The predicted octanol–water partition coefficient (Wildman–Crippen LogP) is 1.77. The van der Waals surface area contributed by atoms with Crippen molar-refractivity contribution in [1.29, 1.82) is 0 Å². The van der Waals surface area contributed by atoms with Gasteiger partial charge in [-0.25, -0.2) is 0 Å². The molecular weight excluding hydrogens is 1030 g/mol. The van der Waals surface area contributed by atoms with E-state index in [1.165, 1.54) is 58.3 Å². The van der Waals surface area contributed by atoms with Crippen LogP contribution in [0.25, 0.3) is 12.2 Å². The maximum absolute atomic E-state index is 12.8. The molecule has 2 aromatic heterocycles. The minimum atomic E-state index is -5.04. The molecule has 28 nitrogen and oxygen atoms in total. The highest BCUT2D eigenvalue weighted by molar-refractivity contribution is 7.86. The number of rotatable bonds is 24. The summed E-state index contributed by atoms with van der Waals surface area (Å²) in [6.07, 6.45) is 2.25. The third-order valence-corrected chi connectivity index (χ3v) is 13.1. The third kappa shape index (κ3) is 14.7. The maximum Gasteiger partial charge on any atom is 0.295 e. The predicted molar refractivity (Wildman–Crippen MR) is 260 cm³/mol. The number of aliphatic hydroxyl groups is 4. The number of nitrogens with one attached hydrogen (secondary N) is 4. The molecule has 32 heteroatoms. The van der Waals surface area contributed by atoms with Crippen LogP contribution >= 0.6 is 0 Å². The fraction of sp³-hybridized carbons (Fsp3) is 0.200. The van der Waals surface area contributed by atoms with E-state index in [0.717, 1.165) is 48.6 Å². The molecule has 0 atom stereocenters. The SMILES string of the molecule is O=S(=O)(O)c1cccc(Nc2nc(Nc3ccc(C=Cc4ccc(Nc5nc(Nc6cccc(S(=O)(=O)O)c6)nc(N(CCO)CCO)n5)cc4S(=O)(=O)O)c(S(=O)(=O)O)c3)nc(N(CCO)CCO)n2)c1. The second-order valence-corrected chi connectivity index (χ2v) is 20.4. The lowest BCUT2D eigenvalue weighted by molar-refractivity contribution is 0.279. The number of aliphatic hydroxyl groups excluding tert-OH is 4. The molecular formula is C40H44N12O16S4. The van der Waals surface area contributed by atoms with Crippen LogP contribution < -0.4 is 31.1 Å². The van der Waals surface area contributed by atoms with Crippen molar-refractivity contribution < 1.29 is 72.3 Å². The molecule has 0 saturated carbocycles. The zero-order valence-electron chi connectivity index (χ0n) is 36.9. The third-order valence-electron chi connectivity index (χ3n) is 9.61. The van der Waals surface area contributed by atoms with Crippen LogP contribution in [0.4, 0.5) is 58.4 Å². The summed E-state index contributed by atoms with van der Waals surface area (Å²) in [6.45, 7) is -1.83. The monoisotopic (exact) mass is 1080 g/mol. The van der Waals surface area contributed by atoms with Gasteiger partial charge >= 0.3 is 0 Å². The molecule has 0 aliphatic carbocycles. The van der Waals surface area contributed by atoms with Crippen molar-refractivity contribution in [2.75, 3.05) is 83.7 Å². The van der Waals surface area contributed by atoms with Gasteiger partial charge in [-0.1, -0.05) is 36.4 Å². The fourth-order valence-corrected chi connectivity index (χ4v) is 8.93. The minimum absolute atomic E-state index is 0.0384. The van der Waals surface area contributed by atoms with Crippen LogP contribution in [-0.4, -0.2) is 155 Å². The van der Waals surface area contributed by atoms with E-state index in [9.17, 15) is 72.3 Å². The molecule has 12 N–H and O–H groups in total. The first-order valence-electron chi connectivity index (χ1n) is 20.6. The number of anilines is 10. The van der Waals surface area contributed by atoms with E-state index in [2.05, 4.69) is 51.2 Å². The first-order valence-corrected chi connectivity index (χ1v) is 26.3. The van der Waals surface area contributed by atoms with Crippen LogP contribution in [0.2, 0.25) is 0 Å². The molecule has 0 unspecified atom stereocenters. The number of hydrogen-bond donors (Lipinski definition) is 12. The van der Waals surface area contributed by atoms with Gasteiger partial charge in [-0.2, -0.15) is 63.6 Å². The van der Waals surface area contributed by atoms with Gasteiger partial charge in [0.1, 0.15) is 9.79 Å². The zero-order chi connectivity index (χ0) is 52.4. The molecule has 2 heterocycles. The van der Waals surface area contributed by atoms with Crippen LogP contribution in [-0.2, 0) is 40.5 Å². The molecule has 0 aliphatic rings. The normalized spacial score (nSPS) is 12.2. The Balaban J connectivity index is 1.33. The molecule has 0 spiro atoms. The van der Waals surface area contributed by atoms with Crippen LogP contribution in [0.1, 0.15) is 11.1 Å². The van der Waals surface area contributed by atoms with Crippen molar-refractivity contribution in [3.63, 3.8) is 0 Å². The van der Waals surface area contributed by atoms with Crippen LogP contribution in [0, 0.1) is 0 Å². The average Bonchev–Trinajstić information content (AvgIpc) is 3.30. The summed E-state index contributed by atoms with van der Waals surface area (Å²) in [4.78, 5) is 26.1. The lowest BCUT2D eigenvalue weighted by Gasteiger charge is -2.21. The summed E-state index contributed by atoms with van der Waals surface area (Å²) < 4.78 is 138. The second kappa shape index (κ2) is 23.0. The second-order valence-electron chi connectivity index (χ2n) is 14.7. The Morgan fingerprint density at radius 2 is 0.708 bits per heavy atom. The molecule has 6 aromatic rings. The van der Waals surface area contributed by atoms with Crippen molar-refractivity contribution in [3.8, 4) is 0 Å². The van der Waals surface area contributed by atoms with Gasteiger partial charge in [0.15, 0.2) is 0 Å². The van der Waals surface area contributed by atoms with E-state index in [1.54, 1.807) is 0 Å². The summed E-state index contributed by atoms with van der Waals surface area (Å²) in [5.74, 6) is -1.18. The van der Waals surface area contributed by atoms with Gasteiger partial charge in [0.05, 0.1) is 36.2 Å². The van der Waals surface area contributed by atoms with E-state index < -0.39 is 86.5 Å². The van der Waals surface area contributed by atoms with Crippen molar-refractivity contribution in [3.05, 3.63) is 96.1 Å². The average molecular weight is 1080 g/mol. The summed E-state index contributed by atoms with van der Waals surface area (Å²) in [5, 5.41) is 49.7.